The summed E-state index contributed by atoms with van der Waals surface area (Å²) < 4.78 is 1.71. The van der Waals surface area contributed by atoms with E-state index in [9.17, 15) is 10.1 Å². The molecule has 0 atom stereocenters. The van der Waals surface area contributed by atoms with Gasteiger partial charge in [-0.1, -0.05) is 6.07 Å². The van der Waals surface area contributed by atoms with Crippen molar-refractivity contribution in [3.05, 3.63) is 28.3 Å². The number of nitrogens with two attached hydrogens (primary N) is 1. The maximum atomic E-state index is 11.2. The molecule has 2 aromatic rings. The van der Waals surface area contributed by atoms with Gasteiger partial charge in [0.25, 0.3) is 0 Å². The Kier molecular flexibility index (Phi) is 3.24. The van der Waals surface area contributed by atoms with Gasteiger partial charge in [0.15, 0.2) is 0 Å². The second-order valence-electron chi connectivity index (χ2n) is 4.29. The molecule has 9 nitrogen and oxygen atoms in total. The van der Waals surface area contributed by atoms with Crippen LogP contribution in [0.15, 0.2) is 28.3 Å². The Labute approximate surface area is 117 Å². The molecule has 0 spiro atoms. The van der Waals surface area contributed by atoms with Crippen molar-refractivity contribution in [2.24, 2.45) is 5.84 Å². The summed E-state index contributed by atoms with van der Waals surface area (Å²) in [5.41, 5.74) is 2.51. The zero-order chi connectivity index (χ0) is 14.1. The number of nitrogen functional groups attached to an aromatic ring is 1. The van der Waals surface area contributed by atoms with Gasteiger partial charge in [0.05, 0.1) is 15.9 Å². The van der Waals surface area contributed by atoms with Gasteiger partial charge in [0, 0.05) is 0 Å². The van der Waals surface area contributed by atoms with Crippen LogP contribution in [0.25, 0.3) is 0 Å². The fourth-order valence-corrected chi connectivity index (χ4v) is 2.79. The second-order valence-corrected chi connectivity index (χ2v) is 5.30. The smallest absolute Gasteiger partial charge is 0.307 e. The SMILES string of the molecule is NNc1cccc(Sc2nnnn2C2CC2)c1[N+](=O)[O-]. The predicted molar refractivity (Wildman–Crippen MR) is 71.1 cm³/mol. The lowest BCUT2D eigenvalue weighted by molar-refractivity contribution is -0.386. The molecule has 0 radical (unpaired) electrons. The first-order valence-corrected chi connectivity index (χ1v) is 6.72. The number of nitro groups is 1. The molecule has 104 valence electrons. The fraction of sp³-hybridized carbons (Fsp3) is 0.300. The first-order chi connectivity index (χ1) is 9.70. The molecular formula is C10H11N7O2S. The summed E-state index contributed by atoms with van der Waals surface area (Å²) in [6.45, 7) is 0. The summed E-state index contributed by atoms with van der Waals surface area (Å²) in [5, 5.41) is 23.2. The summed E-state index contributed by atoms with van der Waals surface area (Å²) in [5.74, 6) is 5.31. The lowest BCUT2D eigenvalue weighted by Gasteiger charge is -2.06. The van der Waals surface area contributed by atoms with E-state index >= 15 is 0 Å². The predicted octanol–water partition coefficient (Wildman–Crippen LogP) is 1.35. The van der Waals surface area contributed by atoms with E-state index < -0.39 is 4.92 Å². The summed E-state index contributed by atoms with van der Waals surface area (Å²) in [4.78, 5) is 11.2. The Morgan fingerprint density at radius 3 is 2.95 bits per heavy atom. The van der Waals surface area contributed by atoms with Crippen molar-refractivity contribution in [1.29, 1.82) is 0 Å². The number of hydrogen-bond acceptors (Lipinski definition) is 8. The number of hydrogen-bond donors (Lipinski definition) is 2. The molecule has 1 saturated carbocycles. The molecule has 1 heterocycles. The van der Waals surface area contributed by atoms with Gasteiger partial charge in [-0.2, -0.15) is 0 Å². The minimum Gasteiger partial charge on any atom is -0.318 e. The van der Waals surface area contributed by atoms with Crippen molar-refractivity contribution in [2.45, 2.75) is 28.9 Å². The van der Waals surface area contributed by atoms with Crippen LogP contribution in [-0.4, -0.2) is 25.1 Å². The number of nitrogens with one attached hydrogen (secondary N) is 1. The summed E-state index contributed by atoms with van der Waals surface area (Å²) in [6, 6.07) is 5.19. The average molecular weight is 293 g/mol. The van der Waals surface area contributed by atoms with Gasteiger partial charge in [-0.05, 0) is 47.2 Å². The number of hydrazine groups is 1. The summed E-state index contributed by atoms with van der Waals surface area (Å²) in [6.07, 6.45) is 2.07. The molecule has 0 saturated heterocycles. The zero-order valence-electron chi connectivity index (χ0n) is 10.3. The van der Waals surface area contributed by atoms with E-state index in [4.69, 9.17) is 5.84 Å². The quantitative estimate of drug-likeness (QED) is 0.481. The van der Waals surface area contributed by atoms with Crippen LogP contribution in [0.5, 0.6) is 0 Å². The number of nitro benzene ring substituents is 1. The maximum Gasteiger partial charge on any atom is 0.307 e. The van der Waals surface area contributed by atoms with Gasteiger partial charge >= 0.3 is 5.69 Å². The molecule has 20 heavy (non-hydrogen) atoms. The van der Waals surface area contributed by atoms with Crippen LogP contribution in [-0.2, 0) is 0 Å². The maximum absolute atomic E-state index is 11.2. The highest BCUT2D eigenvalue weighted by atomic mass is 32.2. The van der Waals surface area contributed by atoms with Crippen LogP contribution >= 0.6 is 11.8 Å². The minimum absolute atomic E-state index is 0.0784. The topological polar surface area (TPSA) is 125 Å². The third kappa shape index (κ3) is 2.30. The molecule has 1 aliphatic rings. The zero-order valence-corrected chi connectivity index (χ0v) is 11.1. The molecule has 0 unspecified atom stereocenters. The number of tetrazole rings is 1. The van der Waals surface area contributed by atoms with Crippen LogP contribution in [0.2, 0.25) is 0 Å². The highest BCUT2D eigenvalue weighted by Crippen LogP contribution is 2.41. The third-order valence-electron chi connectivity index (χ3n) is 2.89. The molecule has 3 rings (SSSR count). The standard InChI is InChI=1S/C10H11N7O2S/c11-12-7-2-1-3-8(9(7)17(18)19)20-10-13-14-15-16(10)6-4-5-6/h1-3,6,12H,4-5,11H2. The summed E-state index contributed by atoms with van der Waals surface area (Å²) in [7, 11) is 0. The van der Waals surface area contributed by atoms with E-state index in [1.54, 1.807) is 22.9 Å². The van der Waals surface area contributed by atoms with E-state index in [1.165, 1.54) is 0 Å². The lowest BCUT2D eigenvalue weighted by Crippen LogP contribution is -2.09. The van der Waals surface area contributed by atoms with Crippen molar-refractivity contribution in [1.82, 2.24) is 20.2 Å². The van der Waals surface area contributed by atoms with Crippen molar-refractivity contribution >= 4 is 23.1 Å². The van der Waals surface area contributed by atoms with Gasteiger partial charge in [-0.15, -0.1) is 5.10 Å². The first kappa shape index (κ1) is 12.8. The number of rotatable bonds is 5. The molecule has 1 fully saturated rings. The van der Waals surface area contributed by atoms with Crippen molar-refractivity contribution in [2.75, 3.05) is 5.43 Å². The molecule has 1 aromatic carbocycles. The number of para-hydroxylation sites is 1. The molecule has 10 heteroatoms. The Morgan fingerprint density at radius 1 is 1.50 bits per heavy atom. The number of anilines is 1. The van der Waals surface area contributed by atoms with Crippen LogP contribution in [0.3, 0.4) is 0 Å². The first-order valence-electron chi connectivity index (χ1n) is 5.90. The van der Waals surface area contributed by atoms with Crippen molar-refractivity contribution in [3.63, 3.8) is 0 Å². The monoisotopic (exact) mass is 293 g/mol. The Hall–Kier alpha value is -2.20. The Balaban J connectivity index is 1.97. The van der Waals surface area contributed by atoms with E-state index in [-0.39, 0.29) is 11.4 Å². The fourth-order valence-electron chi connectivity index (χ4n) is 1.81. The van der Waals surface area contributed by atoms with Crippen LogP contribution < -0.4 is 11.3 Å². The highest BCUT2D eigenvalue weighted by Gasteiger charge is 2.29. The number of nitrogens with zero attached hydrogens (tertiary/aromatic N) is 5. The molecule has 0 aliphatic heterocycles. The van der Waals surface area contributed by atoms with Gasteiger partial charge < -0.3 is 5.43 Å². The van der Waals surface area contributed by atoms with Crippen LogP contribution in [0.1, 0.15) is 18.9 Å². The van der Waals surface area contributed by atoms with Gasteiger partial charge in [0.2, 0.25) is 5.16 Å². The number of aromatic nitrogens is 4. The molecule has 1 aliphatic carbocycles. The minimum atomic E-state index is -0.469. The van der Waals surface area contributed by atoms with E-state index in [1.807, 2.05) is 0 Å². The van der Waals surface area contributed by atoms with Gasteiger partial charge in [-0.3, -0.25) is 16.0 Å². The molecular weight excluding hydrogens is 282 g/mol. The highest BCUT2D eigenvalue weighted by molar-refractivity contribution is 7.99. The average Bonchev–Trinajstić information content (AvgIpc) is 3.18. The van der Waals surface area contributed by atoms with E-state index in [0.29, 0.717) is 16.1 Å². The molecule has 0 amide bonds. The number of benzene rings is 1. The van der Waals surface area contributed by atoms with Gasteiger partial charge in [-0.25, -0.2) is 4.68 Å². The van der Waals surface area contributed by atoms with Crippen LogP contribution in [0.4, 0.5) is 11.4 Å². The van der Waals surface area contributed by atoms with Crippen LogP contribution in [0, 0.1) is 10.1 Å². The molecule has 1 aromatic heterocycles. The second kappa shape index (κ2) is 5.06. The normalized spacial score (nSPS) is 14.2. The Morgan fingerprint density at radius 2 is 2.30 bits per heavy atom. The summed E-state index contributed by atoms with van der Waals surface area (Å²) >= 11 is 1.16. The Bertz CT molecular complexity index is 655. The lowest BCUT2D eigenvalue weighted by atomic mass is 10.3. The molecule has 3 N–H and O–H groups in total. The third-order valence-corrected chi connectivity index (χ3v) is 3.89. The van der Waals surface area contributed by atoms with Crippen molar-refractivity contribution < 1.29 is 4.92 Å². The van der Waals surface area contributed by atoms with Crippen molar-refractivity contribution in [3.8, 4) is 0 Å². The largest absolute Gasteiger partial charge is 0.318 e. The molecule has 0 bridgehead atoms. The van der Waals surface area contributed by atoms with E-state index in [2.05, 4.69) is 21.0 Å². The van der Waals surface area contributed by atoms with E-state index in [0.717, 1.165) is 24.6 Å². The van der Waals surface area contributed by atoms with Gasteiger partial charge in [0.1, 0.15) is 5.69 Å².